The summed E-state index contributed by atoms with van der Waals surface area (Å²) >= 11 is 5.94. The van der Waals surface area contributed by atoms with Gasteiger partial charge < -0.3 is 20.5 Å². The zero-order valence-corrected chi connectivity index (χ0v) is 9.84. The van der Waals surface area contributed by atoms with Crippen molar-refractivity contribution < 1.29 is 9.84 Å². The molecule has 1 aliphatic rings. The molecule has 0 amide bonds. The Kier molecular flexibility index (Phi) is 3.53. The van der Waals surface area contributed by atoms with Gasteiger partial charge in [0.2, 0.25) is 0 Å². The van der Waals surface area contributed by atoms with Gasteiger partial charge in [0.1, 0.15) is 0 Å². The summed E-state index contributed by atoms with van der Waals surface area (Å²) in [6.45, 7) is 2.75. The van der Waals surface area contributed by atoms with Crippen molar-refractivity contribution in [2.24, 2.45) is 0 Å². The highest BCUT2D eigenvalue weighted by atomic mass is 35.5. The summed E-state index contributed by atoms with van der Waals surface area (Å²) in [5, 5.41) is 16.6. The molecule has 1 aromatic rings. The minimum atomic E-state index is -0.00307. The van der Waals surface area contributed by atoms with Gasteiger partial charge in [-0.3, -0.25) is 0 Å². The maximum Gasteiger partial charge on any atom is 0.176 e. The SMILES string of the molecule is COc1cc([C@H]2CNCCN2)cc(Cl)c1O. The number of piperazine rings is 1. The molecule has 1 aliphatic heterocycles. The third-order valence-corrected chi connectivity index (χ3v) is 3.00. The number of benzene rings is 1. The quantitative estimate of drug-likeness (QED) is 0.732. The lowest BCUT2D eigenvalue weighted by Gasteiger charge is -2.25. The van der Waals surface area contributed by atoms with E-state index in [1.807, 2.05) is 6.07 Å². The van der Waals surface area contributed by atoms with Crippen molar-refractivity contribution in [3.05, 3.63) is 22.7 Å². The van der Waals surface area contributed by atoms with E-state index < -0.39 is 0 Å². The molecule has 0 unspecified atom stereocenters. The van der Waals surface area contributed by atoms with E-state index >= 15 is 0 Å². The number of halogens is 1. The van der Waals surface area contributed by atoms with Gasteiger partial charge in [0.05, 0.1) is 12.1 Å². The van der Waals surface area contributed by atoms with E-state index in [-0.39, 0.29) is 11.8 Å². The Labute approximate surface area is 99.6 Å². The first kappa shape index (κ1) is 11.5. The van der Waals surface area contributed by atoms with Crippen LogP contribution in [0.4, 0.5) is 0 Å². The molecule has 0 spiro atoms. The predicted molar refractivity (Wildman–Crippen MR) is 63.3 cm³/mol. The number of phenols is 1. The lowest BCUT2D eigenvalue weighted by Crippen LogP contribution is -2.42. The van der Waals surface area contributed by atoms with Crippen LogP contribution < -0.4 is 15.4 Å². The maximum atomic E-state index is 9.63. The van der Waals surface area contributed by atoms with Crippen molar-refractivity contribution in [3.8, 4) is 11.5 Å². The summed E-state index contributed by atoms with van der Waals surface area (Å²) in [5.74, 6) is 0.409. The second kappa shape index (κ2) is 4.91. The lowest BCUT2D eigenvalue weighted by molar-refractivity contribution is 0.370. The molecule has 0 aromatic heterocycles. The van der Waals surface area contributed by atoms with Gasteiger partial charge >= 0.3 is 0 Å². The molecule has 0 radical (unpaired) electrons. The number of phenolic OH excluding ortho intramolecular Hbond substituents is 1. The number of rotatable bonds is 2. The first-order chi connectivity index (χ1) is 7.72. The van der Waals surface area contributed by atoms with E-state index in [0.717, 1.165) is 25.2 Å². The summed E-state index contributed by atoms with van der Waals surface area (Å²) in [6.07, 6.45) is 0. The lowest BCUT2D eigenvalue weighted by atomic mass is 10.0. The zero-order valence-electron chi connectivity index (χ0n) is 9.09. The Balaban J connectivity index is 2.29. The van der Waals surface area contributed by atoms with E-state index in [0.29, 0.717) is 10.8 Å². The molecule has 5 heteroatoms. The van der Waals surface area contributed by atoms with Crippen molar-refractivity contribution in [1.29, 1.82) is 0 Å². The molecular weight excluding hydrogens is 228 g/mol. The van der Waals surface area contributed by atoms with Crippen molar-refractivity contribution in [1.82, 2.24) is 10.6 Å². The normalized spacial score (nSPS) is 20.8. The van der Waals surface area contributed by atoms with E-state index in [4.69, 9.17) is 16.3 Å². The van der Waals surface area contributed by atoms with Crippen LogP contribution in [0.5, 0.6) is 11.5 Å². The van der Waals surface area contributed by atoms with Crippen LogP contribution in [0.1, 0.15) is 11.6 Å². The van der Waals surface area contributed by atoms with Crippen LogP contribution in [0, 0.1) is 0 Å². The molecule has 1 fully saturated rings. The van der Waals surface area contributed by atoms with Gasteiger partial charge in [0.25, 0.3) is 0 Å². The average Bonchev–Trinajstić information content (AvgIpc) is 2.33. The molecule has 1 aromatic carbocycles. The third kappa shape index (κ3) is 2.24. The smallest absolute Gasteiger partial charge is 0.176 e. The molecule has 1 heterocycles. The van der Waals surface area contributed by atoms with Gasteiger partial charge in [-0.2, -0.15) is 0 Å². The van der Waals surface area contributed by atoms with E-state index in [1.54, 1.807) is 6.07 Å². The van der Waals surface area contributed by atoms with Crippen molar-refractivity contribution >= 4 is 11.6 Å². The fourth-order valence-electron chi connectivity index (χ4n) is 1.84. The van der Waals surface area contributed by atoms with Crippen molar-refractivity contribution in [2.75, 3.05) is 26.7 Å². The molecule has 0 bridgehead atoms. The van der Waals surface area contributed by atoms with E-state index in [1.165, 1.54) is 7.11 Å². The summed E-state index contributed by atoms with van der Waals surface area (Å²) < 4.78 is 5.07. The second-order valence-corrected chi connectivity index (χ2v) is 4.17. The molecule has 1 atom stereocenters. The Morgan fingerprint density at radius 1 is 1.44 bits per heavy atom. The highest BCUT2D eigenvalue weighted by Crippen LogP contribution is 2.36. The summed E-state index contributed by atoms with van der Waals surface area (Å²) in [6, 6.07) is 3.79. The van der Waals surface area contributed by atoms with Crippen molar-refractivity contribution in [2.45, 2.75) is 6.04 Å². The maximum absolute atomic E-state index is 9.63. The number of aromatic hydroxyl groups is 1. The minimum Gasteiger partial charge on any atom is -0.503 e. The monoisotopic (exact) mass is 242 g/mol. The van der Waals surface area contributed by atoms with Crippen LogP contribution in [-0.4, -0.2) is 31.9 Å². The Morgan fingerprint density at radius 3 is 2.88 bits per heavy atom. The molecule has 3 N–H and O–H groups in total. The summed E-state index contributed by atoms with van der Waals surface area (Å²) in [4.78, 5) is 0. The highest BCUT2D eigenvalue weighted by Gasteiger charge is 2.17. The van der Waals surface area contributed by atoms with Gasteiger partial charge in [-0.25, -0.2) is 0 Å². The second-order valence-electron chi connectivity index (χ2n) is 3.76. The predicted octanol–water partition coefficient (Wildman–Crippen LogP) is 1.29. The first-order valence-electron chi connectivity index (χ1n) is 5.23. The van der Waals surface area contributed by atoms with Crippen LogP contribution in [-0.2, 0) is 0 Å². The van der Waals surface area contributed by atoms with Gasteiger partial charge in [-0.15, -0.1) is 0 Å². The summed E-state index contributed by atoms with van der Waals surface area (Å²) in [7, 11) is 1.52. The molecule has 16 heavy (non-hydrogen) atoms. The fourth-order valence-corrected chi connectivity index (χ4v) is 2.06. The third-order valence-electron chi connectivity index (χ3n) is 2.71. The Morgan fingerprint density at radius 2 is 2.25 bits per heavy atom. The van der Waals surface area contributed by atoms with E-state index in [2.05, 4.69) is 10.6 Å². The minimum absolute atomic E-state index is 0.00307. The fraction of sp³-hybridized carbons (Fsp3) is 0.455. The van der Waals surface area contributed by atoms with Crippen LogP contribution in [0.25, 0.3) is 0 Å². The average molecular weight is 243 g/mol. The number of methoxy groups -OCH3 is 1. The topological polar surface area (TPSA) is 53.5 Å². The van der Waals surface area contributed by atoms with Crippen LogP contribution in [0.3, 0.4) is 0 Å². The van der Waals surface area contributed by atoms with Gasteiger partial charge in [0, 0.05) is 25.7 Å². The van der Waals surface area contributed by atoms with E-state index in [9.17, 15) is 5.11 Å². The molecule has 0 saturated carbocycles. The molecule has 88 valence electrons. The number of hydrogen-bond acceptors (Lipinski definition) is 4. The van der Waals surface area contributed by atoms with Gasteiger partial charge in [0.15, 0.2) is 11.5 Å². The Hall–Kier alpha value is -0.970. The molecule has 4 nitrogen and oxygen atoms in total. The number of ether oxygens (including phenoxy) is 1. The molecule has 2 rings (SSSR count). The number of nitrogens with one attached hydrogen (secondary N) is 2. The molecule has 1 saturated heterocycles. The van der Waals surface area contributed by atoms with Crippen LogP contribution in [0.15, 0.2) is 12.1 Å². The summed E-state index contributed by atoms with van der Waals surface area (Å²) in [5.41, 5.74) is 1.02. The molecular formula is C11H15ClN2O2. The van der Waals surface area contributed by atoms with Crippen LogP contribution >= 0.6 is 11.6 Å². The highest BCUT2D eigenvalue weighted by molar-refractivity contribution is 6.32. The first-order valence-corrected chi connectivity index (χ1v) is 5.60. The van der Waals surface area contributed by atoms with Crippen LogP contribution in [0.2, 0.25) is 5.02 Å². The Bertz CT molecular complexity index is 378. The standard InChI is InChI=1S/C11H15ClN2O2/c1-16-10-5-7(4-8(12)11(10)15)9-6-13-2-3-14-9/h4-5,9,13-15H,2-3,6H2,1H3/t9-/m1/s1. The van der Waals surface area contributed by atoms with Gasteiger partial charge in [-0.05, 0) is 17.7 Å². The zero-order chi connectivity index (χ0) is 11.5. The largest absolute Gasteiger partial charge is 0.503 e. The van der Waals surface area contributed by atoms with Crippen molar-refractivity contribution in [3.63, 3.8) is 0 Å². The van der Waals surface area contributed by atoms with Gasteiger partial charge in [-0.1, -0.05) is 11.6 Å². The molecule has 0 aliphatic carbocycles. The number of hydrogen-bond donors (Lipinski definition) is 3.